The normalized spacial score (nSPS) is 10.5. The first-order chi connectivity index (χ1) is 10.2. The molecule has 0 unspecified atom stereocenters. The summed E-state index contributed by atoms with van der Waals surface area (Å²) in [5.41, 5.74) is 2.64. The van der Waals surface area contributed by atoms with E-state index < -0.39 is 0 Å². The van der Waals surface area contributed by atoms with Crippen LogP contribution in [0.3, 0.4) is 0 Å². The van der Waals surface area contributed by atoms with Crippen LogP contribution >= 0.6 is 11.6 Å². The maximum Gasteiger partial charge on any atom is 0.319 e. The van der Waals surface area contributed by atoms with Crippen LogP contribution < -0.4 is 10.6 Å². The van der Waals surface area contributed by atoms with E-state index in [-0.39, 0.29) is 6.03 Å². The van der Waals surface area contributed by atoms with Gasteiger partial charge in [0.25, 0.3) is 0 Å². The van der Waals surface area contributed by atoms with Crippen LogP contribution in [-0.2, 0) is 6.54 Å². The molecule has 0 radical (unpaired) electrons. The van der Waals surface area contributed by atoms with E-state index in [0.29, 0.717) is 11.6 Å². The number of urea groups is 1. The van der Waals surface area contributed by atoms with Gasteiger partial charge in [0.15, 0.2) is 0 Å². The first-order valence-electron chi connectivity index (χ1n) is 6.58. The number of rotatable bonds is 3. The van der Waals surface area contributed by atoms with Gasteiger partial charge in [0.1, 0.15) is 0 Å². The molecule has 0 saturated heterocycles. The molecule has 0 bridgehead atoms. The molecule has 0 aliphatic carbocycles. The van der Waals surface area contributed by atoms with Crippen molar-refractivity contribution >= 4 is 34.2 Å². The number of aromatic nitrogens is 1. The number of anilines is 1. The third kappa shape index (κ3) is 3.01. The van der Waals surface area contributed by atoms with Crippen molar-refractivity contribution in [2.75, 3.05) is 5.32 Å². The zero-order valence-electron chi connectivity index (χ0n) is 11.2. The monoisotopic (exact) mass is 299 g/mol. The fourth-order valence-electron chi connectivity index (χ4n) is 2.18. The molecule has 3 aromatic rings. The van der Waals surface area contributed by atoms with Crippen molar-refractivity contribution in [1.82, 2.24) is 10.3 Å². The molecule has 0 aliphatic heterocycles. The summed E-state index contributed by atoms with van der Waals surface area (Å²) in [7, 11) is 0. The Balaban J connectivity index is 1.67. The molecule has 4 nitrogen and oxygen atoms in total. The summed E-state index contributed by atoms with van der Waals surface area (Å²) in [6, 6.07) is 14.8. The lowest BCUT2D eigenvalue weighted by Crippen LogP contribution is -2.28. The number of aromatic amines is 1. The number of benzene rings is 2. The molecule has 0 fully saturated rings. The van der Waals surface area contributed by atoms with E-state index in [2.05, 4.69) is 15.6 Å². The van der Waals surface area contributed by atoms with Crippen molar-refractivity contribution in [3.63, 3.8) is 0 Å². The average Bonchev–Trinajstić information content (AvgIpc) is 2.96. The molecular weight excluding hydrogens is 286 g/mol. The number of carbonyl (C=O) groups excluding carboxylic acids is 1. The van der Waals surface area contributed by atoms with Crippen molar-refractivity contribution in [2.24, 2.45) is 0 Å². The quantitative estimate of drug-likeness (QED) is 0.669. The minimum absolute atomic E-state index is 0.261. The predicted octanol–water partition coefficient (Wildman–Crippen LogP) is 4.14. The van der Waals surface area contributed by atoms with Crippen LogP contribution in [0, 0.1) is 0 Å². The standard InChI is InChI=1S/C16H14ClN3O/c17-13-5-2-1-4-11(13)10-19-16(21)20-15-7-3-6-14-12(15)8-9-18-14/h1-9,18H,10H2,(H2,19,20,21). The van der Waals surface area contributed by atoms with Gasteiger partial charge in [-0.05, 0) is 29.8 Å². The highest BCUT2D eigenvalue weighted by Gasteiger charge is 2.06. The van der Waals surface area contributed by atoms with E-state index in [9.17, 15) is 4.79 Å². The molecule has 106 valence electrons. The van der Waals surface area contributed by atoms with E-state index in [1.165, 1.54) is 0 Å². The Morgan fingerprint density at radius 2 is 1.95 bits per heavy atom. The van der Waals surface area contributed by atoms with Crippen LogP contribution in [0.2, 0.25) is 5.02 Å². The molecule has 0 spiro atoms. The van der Waals surface area contributed by atoms with Gasteiger partial charge in [-0.25, -0.2) is 4.79 Å². The summed E-state index contributed by atoms with van der Waals surface area (Å²) in [5, 5.41) is 7.27. The van der Waals surface area contributed by atoms with Crippen LogP contribution in [0.5, 0.6) is 0 Å². The summed E-state index contributed by atoms with van der Waals surface area (Å²) in [6.07, 6.45) is 1.84. The number of amides is 2. The Morgan fingerprint density at radius 3 is 2.81 bits per heavy atom. The molecule has 0 atom stereocenters. The summed E-state index contributed by atoms with van der Waals surface area (Å²) in [4.78, 5) is 15.1. The number of H-pyrrole nitrogens is 1. The molecule has 1 heterocycles. The minimum Gasteiger partial charge on any atom is -0.361 e. The highest BCUT2D eigenvalue weighted by atomic mass is 35.5. The molecule has 2 aromatic carbocycles. The zero-order valence-corrected chi connectivity index (χ0v) is 11.9. The maximum atomic E-state index is 12.0. The van der Waals surface area contributed by atoms with Crippen LogP contribution in [-0.4, -0.2) is 11.0 Å². The number of carbonyl (C=O) groups is 1. The molecular formula is C16H14ClN3O. The maximum absolute atomic E-state index is 12.0. The second kappa shape index (κ2) is 5.89. The fourth-order valence-corrected chi connectivity index (χ4v) is 2.38. The molecule has 0 saturated carbocycles. The number of nitrogens with one attached hydrogen (secondary N) is 3. The Morgan fingerprint density at radius 1 is 1.10 bits per heavy atom. The molecule has 3 rings (SSSR count). The Hall–Kier alpha value is -2.46. The number of fused-ring (bicyclic) bond motifs is 1. The second-order valence-corrected chi connectivity index (χ2v) is 5.05. The zero-order chi connectivity index (χ0) is 14.7. The largest absolute Gasteiger partial charge is 0.361 e. The molecule has 0 aliphatic rings. The third-order valence-corrected chi connectivity index (χ3v) is 3.61. The lowest BCUT2D eigenvalue weighted by molar-refractivity contribution is 0.252. The minimum atomic E-state index is -0.261. The average molecular weight is 300 g/mol. The Bertz CT molecular complexity index is 782. The lowest BCUT2D eigenvalue weighted by Gasteiger charge is -2.09. The number of hydrogen-bond donors (Lipinski definition) is 3. The summed E-state index contributed by atoms with van der Waals surface area (Å²) >= 11 is 6.06. The predicted molar refractivity (Wildman–Crippen MR) is 85.6 cm³/mol. The highest BCUT2D eigenvalue weighted by Crippen LogP contribution is 2.22. The van der Waals surface area contributed by atoms with Gasteiger partial charge in [-0.2, -0.15) is 0 Å². The van der Waals surface area contributed by atoms with E-state index in [1.54, 1.807) is 6.07 Å². The van der Waals surface area contributed by atoms with Gasteiger partial charge < -0.3 is 15.6 Å². The molecule has 21 heavy (non-hydrogen) atoms. The fraction of sp³-hybridized carbons (Fsp3) is 0.0625. The molecule has 2 amide bonds. The van der Waals surface area contributed by atoms with Gasteiger partial charge in [0, 0.05) is 28.7 Å². The summed E-state index contributed by atoms with van der Waals surface area (Å²) in [5.74, 6) is 0. The van der Waals surface area contributed by atoms with Crippen molar-refractivity contribution in [3.05, 3.63) is 65.3 Å². The first kappa shape index (κ1) is 13.5. The van der Waals surface area contributed by atoms with Crippen molar-refractivity contribution in [1.29, 1.82) is 0 Å². The lowest BCUT2D eigenvalue weighted by atomic mass is 10.2. The van der Waals surface area contributed by atoms with Gasteiger partial charge in [0.05, 0.1) is 5.69 Å². The van der Waals surface area contributed by atoms with Gasteiger partial charge in [0.2, 0.25) is 0 Å². The van der Waals surface area contributed by atoms with Crippen LogP contribution in [0.25, 0.3) is 10.9 Å². The molecule has 5 heteroatoms. The Labute approximate surface area is 127 Å². The van der Waals surface area contributed by atoms with Gasteiger partial charge in [-0.15, -0.1) is 0 Å². The first-order valence-corrected chi connectivity index (χ1v) is 6.96. The van der Waals surface area contributed by atoms with Crippen molar-refractivity contribution in [3.8, 4) is 0 Å². The van der Waals surface area contributed by atoms with E-state index in [0.717, 1.165) is 22.2 Å². The third-order valence-electron chi connectivity index (χ3n) is 3.24. The van der Waals surface area contributed by atoms with Crippen molar-refractivity contribution in [2.45, 2.75) is 6.54 Å². The number of hydrogen-bond acceptors (Lipinski definition) is 1. The second-order valence-electron chi connectivity index (χ2n) is 4.64. The van der Waals surface area contributed by atoms with Gasteiger partial charge in [-0.1, -0.05) is 35.9 Å². The Kier molecular flexibility index (Phi) is 3.79. The van der Waals surface area contributed by atoms with Crippen LogP contribution in [0.4, 0.5) is 10.5 Å². The SMILES string of the molecule is O=C(NCc1ccccc1Cl)Nc1cccc2[nH]ccc12. The van der Waals surface area contributed by atoms with Gasteiger partial charge >= 0.3 is 6.03 Å². The summed E-state index contributed by atoms with van der Waals surface area (Å²) < 4.78 is 0. The van der Waals surface area contributed by atoms with Crippen LogP contribution in [0.15, 0.2) is 54.7 Å². The van der Waals surface area contributed by atoms with E-state index >= 15 is 0 Å². The highest BCUT2D eigenvalue weighted by molar-refractivity contribution is 6.31. The number of halogens is 1. The molecule has 3 N–H and O–H groups in total. The smallest absolute Gasteiger partial charge is 0.319 e. The topological polar surface area (TPSA) is 56.9 Å². The molecule has 1 aromatic heterocycles. The van der Waals surface area contributed by atoms with E-state index in [1.807, 2.05) is 48.7 Å². The van der Waals surface area contributed by atoms with Gasteiger partial charge in [-0.3, -0.25) is 0 Å². The van der Waals surface area contributed by atoms with Crippen molar-refractivity contribution < 1.29 is 4.79 Å². The van der Waals surface area contributed by atoms with E-state index in [4.69, 9.17) is 11.6 Å². The van der Waals surface area contributed by atoms with Crippen LogP contribution in [0.1, 0.15) is 5.56 Å². The summed E-state index contributed by atoms with van der Waals surface area (Å²) in [6.45, 7) is 0.384.